The molecule has 3 N–H and O–H groups in total. The molecular weight excluding hydrogens is 442 g/mol. The van der Waals surface area contributed by atoms with Crippen LogP contribution in [0.3, 0.4) is 0 Å². The minimum absolute atomic E-state index is 0.254. The summed E-state index contributed by atoms with van der Waals surface area (Å²) >= 11 is 6.31. The number of carbonyl (C=O) groups excluding carboxylic acids is 1. The lowest BCUT2D eigenvalue weighted by Crippen LogP contribution is -2.25. The van der Waals surface area contributed by atoms with Crippen LogP contribution >= 0.6 is 11.6 Å². The van der Waals surface area contributed by atoms with Crippen molar-refractivity contribution in [3.8, 4) is 0 Å². The van der Waals surface area contributed by atoms with Gasteiger partial charge in [0.05, 0.1) is 34.1 Å². The Hall–Kier alpha value is -3.45. The van der Waals surface area contributed by atoms with E-state index in [0.29, 0.717) is 34.6 Å². The largest absolute Gasteiger partial charge is 0.481 e. The SMILES string of the molecule is CCC/C=C/CC(CC(=O)O)C(=O)Nc1cc(Cc2n[nH]c(=O)c3ccccc23)ccc1Cl. The average Bonchev–Trinajstić information content (AvgIpc) is 2.80. The molecule has 0 fully saturated rings. The quantitative estimate of drug-likeness (QED) is 0.365. The van der Waals surface area contributed by atoms with Crippen molar-refractivity contribution in [2.75, 3.05) is 5.32 Å². The van der Waals surface area contributed by atoms with E-state index in [1.165, 1.54) is 0 Å². The van der Waals surface area contributed by atoms with Crippen LogP contribution in [-0.2, 0) is 16.0 Å². The Morgan fingerprint density at radius 2 is 1.94 bits per heavy atom. The molecule has 3 rings (SSSR count). The summed E-state index contributed by atoms with van der Waals surface area (Å²) in [6.07, 6.45) is 6.14. The molecule has 0 spiro atoms. The monoisotopic (exact) mass is 467 g/mol. The Morgan fingerprint density at radius 3 is 2.67 bits per heavy atom. The molecule has 0 aliphatic heterocycles. The van der Waals surface area contributed by atoms with E-state index in [4.69, 9.17) is 11.6 Å². The third-order valence-electron chi connectivity index (χ3n) is 5.27. The Kier molecular flexibility index (Phi) is 8.38. The van der Waals surface area contributed by atoms with Crippen molar-refractivity contribution < 1.29 is 14.7 Å². The molecule has 1 atom stereocenters. The van der Waals surface area contributed by atoms with E-state index in [-0.39, 0.29) is 12.0 Å². The summed E-state index contributed by atoms with van der Waals surface area (Å²) in [7, 11) is 0. The maximum atomic E-state index is 12.8. The molecule has 7 nitrogen and oxygen atoms in total. The van der Waals surface area contributed by atoms with Crippen LogP contribution in [0.5, 0.6) is 0 Å². The van der Waals surface area contributed by atoms with Gasteiger partial charge < -0.3 is 10.4 Å². The van der Waals surface area contributed by atoms with Crippen LogP contribution < -0.4 is 10.9 Å². The highest BCUT2D eigenvalue weighted by atomic mass is 35.5. The van der Waals surface area contributed by atoms with Crippen LogP contribution in [0.25, 0.3) is 10.8 Å². The fourth-order valence-electron chi connectivity index (χ4n) is 3.55. The summed E-state index contributed by atoms with van der Waals surface area (Å²) in [5, 5.41) is 20.4. The van der Waals surface area contributed by atoms with Gasteiger partial charge in [-0.2, -0.15) is 5.10 Å². The van der Waals surface area contributed by atoms with Gasteiger partial charge >= 0.3 is 5.97 Å². The fourth-order valence-corrected chi connectivity index (χ4v) is 3.72. The number of aromatic amines is 1. The number of aromatic nitrogens is 2. The van der Waals surface area contributed by atoms with E-state index >= 15 is 0 Å². The molecule has 1 unspecified atom stereocenters. The standard InChI is InChI=1S/C25H26ClN3O4/c1-2-3-4-5-8-17(15-23(30)31)24(32)27-22-14-16(11-12-20(22)26)13-21-18-9-6-7-10-19(18)25(33)29-28-21/h4-7,9-12,14,17H,2-3,8,13,15H2,1H3,(H,27,32)(H,29,33)(H,30,31)/b5-4+. The molecule has 0 radical (unpaired) electrons. The molecule has 0 aliphatic carbocycles. The highest BCUT2D eigenvalue weighted by Gasteiger charge is 2.21. The number of anilines is 1. The van der Waals surface area contributed by atoms with Crippen molar-refractivity contribution in [2.45, 2.75) is 39.0 Å². The van der Waals surface area contributed by atoms with E-state index in [1.54, 1.807) is 24.3 Å². The summed E-state index contributed by atoms with van der Waals surface area (Å²) in [6.45, 7) is 2.05. The summed E-state index contributed by atoms with van der Waals surface area (Å²) in [6, 6.07) is 12.5. The summed E-state index contributed by atoms with van der Waals surface area (Å²) in [4.78, 5) is 36.1. The van der Waals surface area contributed by atoms with E-state index in [0.717, 1.165) is 23.8 Å². The number of carboxylic acid groups (broad SMARTS) is 1. The topological polar surface area (TPSA) is 112 Å². The number of fused-ring (bicyclic) bond motifs is 1. The fraction of sp³-hybridized carbons (Fsp3) is 0.280. The number of H-pyrrole nitrogens is 1. The van der Waals surface area contributed by atoms with Crippen molar-refractivity contribution in [2.24, 2.45) is 5.92 Å². The van der Waals surface area contributed by atoms with E-state index < -0.39 is 17.8 Å². The van der Waals surface area contributed by atoms with E-state index in [1.807, 2.05) is 37.3 Å². The van der Waals surface area contributed by atoms with Crippen molar-refractivity contribution in [3.05, 3.63) is 81.3 Å². The number of allylic oxidation sites excluding steroid dienone is 2. The molecule has 0 saturated carbocycles. The minimum Gasteiger partial charge on any atom is -0.481 e. The molecule has 1 aromatic heterocycles. The number of nitrogens with zero attached hydrogens (tertiary/aromatic N) is 1. The number of amides is 1. The van der Waals surface area contributed by atoms with Gasteiger partial charge in [0, 0.05) is 11.8 Å². The number of carboxylic acids is 1. The van der Waals surface area contributed by atoms with Crippen molar-refractivity contribution >= 4 is 39.9 Å². The van der Waals surface area contributed by atoms with Gasteiger partial charge in [-0.3, -0.25) is 14.4 Å². The highest BCUT2D eigenvalue weighted by molar-refractivity contribution is 6.33. The average molecular weight is 468 g/mol. The van der Waals surface area contributed by atoms with Gasteiger partial charge in [-0.05, 0) is 36.6 Å². The Balaban J connectivity index is 1.81. The zero-order chi connectivity index (χ0) is 23.8. The Morgan fingerprint density at radius 1 is 1.18 bits per heavy atom. The second kappa shape index (κ2) is 11.4. The van der Waals surface area contributed by atoms with Gasteiger partial charge in [0.15, 0.2) is 0 Å². The van der Waals surface area contributed by atoms with Crippen LogP contribution in [0.15, 0.2) is 59.4 Å². The molecule has 0 aliphatic rings. The lowest BCUT2D eigenvalue weighted by atomic mass is 9.99. The second-order valence-electron chi connectivity index (χ2n) is 7.82. The van der Waals surface area contributed by atoms with Crippen molar-refractivity contribution in [1.82, 2.24) is 10.2 Å². The highest BCUT2D eigenvalue weighted by Crippen LogP contribution is 2.26. The first kappa shape index (κ1) is 24.2. The van der Waals surface area contributed by atoms with Gasteiger partial charge in [0.1, 0.15) is 0 Å². The number of benzene rings is 2. The maximum absolute atomic E-state index is 12.8. The number of rotatable bonds is 10. The number of halogens is 1. The normalized spacial score (nSPS) is 12.2. The van der Waals surface area contributed by atoms with Crippen LogP contribution in [0.2, 0.25) is 5.02 Å². The molecular formula is C25H26ClN3O4. The number of nitrogens with one attached hydrogen (secondary N) is 2. The first-order chi connectivity index (χ1) is 15.9. The molecule has 8 heteroatoms. The molecule has 0 saturated heterocycles. The lowest BCUT2D eigenvalue weighted by Gasteiger charge is -2.15. The van der Waals surface area contributed by atoms with Crippen molar-refractivity contribution in [3.63, 3.8) is 0 Å². The predicted molar refractivity (Wildman–Crippen MR) is 130 cm³/mol. The molecule has 1 heterocycles. The third-order valence-corrected chi connectivity index (χ3v) is 5.60. The molecule has 33 heavy (non-hydrogen) atoms. The number of aliphatic carboxylic acids is 1. The van der Waals surface area contributed by atoms with Gasteiger partial charge in [-0.25, -0.2) is 5.10 Å². The first-order valence-electron chi connectivity index (χ1n) is 10.8. The number of hydrogen-bond donors (Lipinski definition) is 3. The second-order valence-corrected chi connectivity index (χ2v) is 8.22. The summed E-state index contributed by atoms with van der Waals surface area (Å²) < 4.78 is 0. The van der Waals surface area contributed by atoms with E-state index in [2.05, 4.69) is 15.5 Å². The molecule has 3 aromatic rings. The molecule has 1 amide bonds. The maximum Gasteiger partial charge on any atom is 0.304 e. The van der Waals surface area contributed by atoms with Crippen LogP contribution in [0.1, 0.15) is 43.9 Å². The van der Waals surface area contributed by atoms with Gasteiger partial charge in [-0.1, -0.05) is 61.4 Å². The van der Waals surface area contributed by atoms with Gasteiger partial charge in [0.25, 0.3) is 5.56 Å². The van der Waals surface area contributed by atoms with Crippen molar-refractivity contribution in [1.29, 1.82) is 0 Å². The number of hydrogen-bond acceptors (Lipinski definition) is 4. The summed E-state index contributed by atoms with van der Waals surface area (Å²) in [5.41, 5.74) is 1.67. The Labute approximate surface area is 196 Å². The zero-order valence-corrected chi connectivity index (χ0v) is 19.1. The van der Waals surface area contributed by atoms with E-state index in [9.17, 15) is 19.5 Å². The van der Waals surface area contributed by atoms with Gasteiger partial charge in [-0.15, -0.1) is 0 Å². The smallest absolute Gasteiger partial charge is 0.304 e. The first-order valence-corrected chi connectivity index (χ1v) is 11.2. The van der Waals surface area contributed by atoms with Crippen LogP contribution in [-0.4, -0.2) is 27.2 Å². The number of carbonyl (C=O) groups is 2. The third kappa shape index (κ3) is 6.52. The number of unbranched alkanes of at least 4 members (excludes halogenated alkanes) is 1. The van der Waals surface area contributed by atoms with Gasteiger partial charge in [0.2, 0.25) is 5.91 Å². The zero-order valence-electron chi connectivity index (χ0n) is 18.3. The summed E-state index contributed by atoms with van der Waals surface area (Å²) in [5.74, 6) is -2.14. The lowest BCUT2D eigenvalue weighted by molar-refractivity contribution is -0.140. The predicted octanol–water partition coefficient (Wildman–Crippen LogP) is 4.94. The molecule has 2 aromatic carbocycles. The molecule has 0 bridgehead atoms. The minimum atomic E-state index is -1.03. The van der Waals surface area contributed by atoms with Crippen LogP contribution in [0, 0.1) is 5.92 Å². The molecule has 172 valence electrons. The Bertz CT molecular complexity index is 1240. The van der Waals surface area contributed by atoms with Crippen LogP contribution in [0.4, 0.5) is 5.69 Å².